The van der Waals surface area contributed by atoms with Crippen molar-refractivity contribution in [3.8, 4) is 0 Å². The maximum atomic E-state index is 11.9. The Bertz CT molecular complexity index is 643. The van der Waals surface area contributed by atoms with E-state index in [9.17, 15) is 9.90 Å². The number of carboxylic acids is 1. The Hall–Kier alpha value is -1.91. The Kier molecular flexibility index (Phi) is 3.90. The van der Waals surface area contributed by atoms with Crippen LogP contribution in [0.3, 0.4) is 0 Å². The minimum atomic E-state index is -0.768. The maximum Gasteiger partial charge on any atom is 0.325 e. The standard InChI is InChI=1S/C17H20N2O2/c1-18-9-11-19(12-10-18)16(17(20)21)15-8-4-6-13-5-2-3-7-14(13)15/h2-8,16H,9-12H2,1H3,(H,20,21). The highest BCUT2D eigenvalue weighted by Gasteiger charge is 2.30. The third-order valence-electron chi connectivity index (χ3n) is 4.25. The van der Waals surface area contributed by atoms with Gasteiger partial charge in [-0.05, 0) is 23.4 Å². The molecule has 0 saturated carbocycles. The SMILES string of the molecule is CN1CCN(C(C(=O)O)c2cccc3ccccc23)CC1. The summed E-state index contributed by atoms with van der Waals surface area (Å²) >= 11 is 0. The van der Waals surface area contributed by atoms with Gasteiger partial charge >= 0.3 is 5.97 Å². The van der Waals surface area contributed by atoms with E-state index in [1.165, 1.54) is 0 Å². The van der Waals surface area contributed by atoms with Crippen LogP contribution in [0.5, 0.6) is 0 Å². The Morgan fingerprint density at radius 1 is 1.05 bits per heavy atom. The molecule has 1 unspecified atom stereocenters. The Morgan fingerprint density at radius 3 is 2.43 bits per heavy atom. The van der Waals surface area contributed by atoms with E-state index in [0.29, 0.717) is 0 Å². The number of likely N-dealkylation sites (N-methyl/N-ethyl adjacent to an activating group) is 1. The van der Waals surface area contributed by atoms with Crippen LogP contribution in [0, 0.1) is 0 Å². The van der Waals surface area contributed by atoms with Crippen LogP contribution < -0.4 is 0 Å². The normalized spacial score (nSPS) is 18.7. The molecule has 1 aliphatic rings. The van der Waals surface area contributed by atoms with Crippen LogP contribution in [0.4, 0.5) is 0 Å². The van der Waals surface area contributed by atoms with Gasteiger partial charge in [0.1, 0.15) is 6.04 Å². The molecule has 1 aliphatic heterocycles. The van der Waals surface area contributed by atoms with E-state index < -0.39 is 12.0 Å². The summed E-state index contributed by atoms with van der Waals surface area (Å²) in [4.78, 5) is 16.2. The topological polar surface area (TPSA) is 43.8 Å². The van der Waals surface area contributed by atoms with Crippen LogP contribution in [0.25, 0.3) is 10.8 Å². The number of carboxylic acid groups (broad SMARTS) is 1. The molecule has 0 spiro atoms. The minimum absolute atomic E-state index is 0.565. The van der Waals surface area contributed by atoms with Crippen molar-refractivity contribution in [1.82, 2.24) is 9.80 Å². The summed E-state index contributed by atoms with van der Waals surface area (Å²) in [6.07, 6.45) is 0. The molecule has 1 saturated heterocycles. The van der Waals surface area contributed by atoms with E-state index >= 15 is 0 Å². The zero-order valence-corrected chi connectivity index (χ0v) is 12.2. The van der Waals surface area contributed by atoms with Crippen molar-refractivity contribution >= 4 is 16.7 Å². The van der Waals surface area contributed by atoms with Gasteiger partial charge in [0.25, 0.3) is 0 Å². The highest BCUT2D eigenvalue weighted by Crippen LogP contribution is 2.29. The van der Waals surface area contributed by atoms with Crippen molar-refractivity contribution < 1.29 is 9.90 Å². The van der Waals surface area contributed by atoms with E-state index in [0.717, 1.165) is 42.5 Å². The quantitative estimate of drug-likeness (QED) is 0.938. The lowest BCUT2D eigenvalue weighted by Gasteiger charge is -2.36. The largest absolute Gasteiger partial charge is 0.480 e. The molecule has 1 fully saturated rings. The molecule has 0 aliphatic carbocycles. The first kappa shape index (κ1) is 14.0. The lowest BCUT2D eigenvalue weighted by molar-refractivity contribution is -0.144. The van der Waals surface area contributed by atoms with Crippen LogP contribution in [-0.4, -0.2) is 54.1 Å². The highest BCUT2D eigenvalue weighted by atomic mass is 16.4. The highest BCUT2D eigenvalue weighted by molar-refractivity contribution is 5.90. The Labute approximate surface area is 124 Å². The fourth-order valence-corrected chi connectivity index (χ4v) is 3.05. The smallest absolute Gasteiger partial charge is 0.325 e. The number of piperazine rings is 1. The maximum absolute atomic E-state index is 11.9. The van der Waals surface area contributed by atoms with Gasteiger partial charge in [-0.15, -0.1) is 0 Å². The first-order valence-electron chi connectivity index (χ1n) is 7.30. The average Bonchev–Trinajstić information content (AvgIpc) is 2.49. The fraction of sp³-hybridized carbons (Fsp3) is 0.353. The molecule has 0 amide bonds. The molecule has 21 heavy (non-hydrogen) atoms. The lowest BCUT2D eigenvalue weighted by atomic mass is 9.97. The van der Waals surface area contributed by atoms with Gasteiger partial charge in [0.05, 0.1) is 0 Å². The van der Waals surface area contributed by atoms with Gasteiger partial charge < -0.3 is 10.0 Å². The summed E-state index contributed by atoms with van der Waals surface area (Å²) in [5, 5.41) is 11.9. The van der Waals surface area contributed by atoms with Crippen molar-refractivity contribution in [2.75, 3.05) is 33.2 Å². The summed E-state index contributed by atoms with van der Waals surface area (Å²) in [6.45, 7) is 3.40. The second-order valence-corrected chi connectivity index (χ2v) is 5.65. The van der Waals surface area contributed by atoms with E-state index in [1.807, 2.05) is 42.5 Å². The Morgan fingerprint density at radius 2 is 1.71 bits per heavy atom. The molecule has 1 heterocycles. The van der Waals surface area contributed by atoms with Crippen molar-refractivity contribution in [3.63, 3.8) is 0 Å². The summed E-state index contributed by atoms with van der Waals surface area (Å²) in [6, 6.07) is 13.3. The predicted octanol–water partition coefficient (Wildman–Crippen LogP) is 2.21. The molecule has 0 radical (unpaired) electrons. The molecule has 2 aromatic carbocycles. The van der Waals surface area contributed by atoms with Crippen molar-refractivity contribution in [2.24, 2.45) is 0 Å². The van der Waals surface area contributed by atoms with E-state index in [-0.39, 0.29) is 0 Å². The molecule has 0 aromatic heterocycles. The number of carbonyl (C=O) groups is 1. The van der Waals surface area contributed by atoms with E-state index in [2.05, 4.69) is 16.8 Å². The number of hydrogen-bond donors (Lipinski definition) is 1. The van der Waals surface area contributed by atoms with Gasteiger partial charge in [0, 0.05) is 26.2 Å². The summed E-state index contributed by atoms with van der Waals surface area (Å²) in [5.74, 6) is -0.768. The monoisotopic (exact) mass is 284 g/mol. The van der Waals surface area contributed by atoms with Crippen molar-refractivity contribution in [3.05, 3.63) is 48.0 Å². The van der Waals surface area contributed by atoms with Crippen LogP contribution in [0.2, 0.25) is 0 Å². The van der Waals surface area contributed by atoms with Crippen molar-refractivity contribution in [2.45, 2.75) is 6.04 Å². The lowest BCUT2D eigenvalue weighted by Crippen LogP contribution is -2.47. The average molecular weight is 284 g/mol. The third kappa shape index (κ3) is 2.77. The van der Waals surface area contributed by atoms with Crippen LogP contribution in [0.15, 0.2) is 42.5 Å². The molecule has 1 atom stereocenters. The molecule has 4 heteroatoms. The third-order valence-corrected chi connectivity index (χ3v) is 4.25. The molecule has 1 N–H and O–H groups in total. The van der Waals surface area contributed by atoms with Crippen LogP contribution in [-0.2, 0) is 4.79 Å². The predicted molar refractivity (Wildman–Crippen MR) is 83.4 cm³/mol. The number of hydrogen-bond acceptors (Lipinski definition) is 3. The fourth-order valence-electron chi connectivity index (χ4n) is 3.05. The summed E-state index contributed by atoms with van der Waals surface area (Å²) in [5.41, 5.74) is 0.894. The number of rotatable bonds is 3. The first-order valence-corrected chi connectivity index (χ1v) is 7.30. The molecule has 2 aromatic rings. The summed E-state index contributed by atoms with van der Waals surface area (Å²) < 4.78 is 0. The Balaban J connectivity index is 2.02. The van der Waals surface area contributed by atoms with E-state index in [4.69, 9.17) is 0 Å². The van der Waals surface area contributed by atoms with Gasteiger partial charge in [-0.1, -0.05) is 42.5 Å². The number of nitrogens with zero attached hydrogens (tertiary/aromatic N) is 2. The molecular weight excluding hydrogens is 264 g/mol. The second-order valence-electron chi connectivity index (χ2n) is 5.65. The number of fused-ring (bicyclic) bond motifs is 1. The zero-order valence-electron chi connectivity index (χ0n) is 12.2. The van der Waals surface area contributed by atoms with Gasteiger partial charge in [0.2, 0.25) is 0 Å². The van der Waals surface area contributed by atoms with Crippen molar-refractivity contribution in [1.29, 1.82) is 0 Å². The number of benzene rings is 2. The summed E-state index contributed by atoms with van der Waals surface area (Å²) in [7, 11) is 2.07. The molecular formula is C17H20N2O2. The van der Waals surface area contributed by atoms with Crippen LogP contribution in [0.1, 0.15) is 11.6 Å². The second kappa shape index (κ2) is 5.84. The molecule has 0 bridgehead atoms. The molecule has 3 rings (SSSR count). The number of aliphatic carboxylic acids is 1. The van der Waals surface area contributed by atoms with E-state index in [1.54, 1.807) is 0 Å². The van der Waals surface area contributed by atoms with Gasteiger partial charge in [0.15, 0.2) is 0 Å². The van der Waals surface area contributed by atoms with Gasteiger partial charge in [-0.25, -0.2) is 0 Å². The minimum Gasteiger partial charge on any atom is -0.480 e. The first-order chi connectivity index (χ1) is 10.2. The zero-order chi connectivity index (χ0) is 14.8. The van der Waals surface area contributed by atoms with Gasteiger partial charge in [-0.2, -0.15) is 0 Å². The molecule has 4 nitrogen and oxygen atoms in total. The van der Waals surface area contributed by atoms with Crippen LogP contribution >= 0.6 is 0 Å². The molecule has 110 valence electrons. The van der Waals surface area contributed by atoms with Gasteiger partial charge in [-0.3, -0.25) is 9.69 Å².